The molecule has 0 unspecified atom stereocenters. The zero-order valence-electron chi connectivity index (χ0n) is 16.0. The second kappa shape index (κ2) is 8.95. The van der Waals surface area contributed by atoms with Gasteiger partial charge in [-0.25, -0.2) is 4.98 Å². The maximum atomic E-state index is 13.1. The van der Waals surface area contributed by atoms with Crippen molar-refractivity contribution in [3.63, 3.8) is 0 Å². The lowest BCUT2D eigenvalue weighted by molar-refractivity contribution is 0.189. The van der Waals surface area contributed by atoms with Gasteiger partial charge in [0.1, 0.15) is 0 Å². The van der Waals surface area contributed by atoms with Crippen LogP contribution in [-0.2, 0) is 17.0 Å². The summed E-state index contributed by atoms with van der Waals surface area (Å²) in [6, 6.07) is 15.2. The highest BCUT2D eigenvalue weighted by atomic mass is 35.5. The molecule has 7 heteroatoms. The lowest BCUT2D eigenvalue weighted by atomic mass is 10.1. The molecule has 0 atom stereocenters. The van der Waals surface area contributed by atoms with E-state index in [1.165, 1.54) is 11.8 Å². The minimum atomic E-state index is -0.0312. The molecule has 0 amide bonds. The Bertz CT molecular complexity index is 1230. The van der Waals surface area contributed by atoms with Crippen LogP contribution < -0.4 is 5.56 Å². The predicted molar refractivity (Wildman–Crippen MR) is 119 cm³/mol. The minimum absolute atomic E-state index is 0.0312. The summed E-state index contributed by atoms with van der Waals surface area (Å²) in [7, 11) is 1.66. The van der Waals surface area contributed by atoms with Crippen LogP contribution in [0.4, 0.5) is 0 Å². The van der Waals surface area contributed by atoms with Crippen molar-refractivity contribution < 1.29 is 4.74 Å². The van der Waals surface area contributed by atoms with E-state index in [9.17, 15) is 4.79 Å². The quantitative estimate of drug-likeness (QED) is 0.239. The van der Waals surface area contributed by atoms with E-state index < -0.39 is 0 Å². The SMILES string of the molecule is COCCCn1c(SCc2c(Cl)ccc3cccnc23)nc2ccccc2c1=O. The summed E-state index contributed by atoms with van der Waals surface area (Å²) in [5.74, 6) is 0.572. The first kappa shape index (κ1) is 19.9. The Hall–Kier alpha value is -2.41. The van der Waals surface area contributed by atoms with Crippen molar-refractivity contribution in [1.29, 1.82) is 0 Å². The Morgan fingerprint density at radius 2 is 2.00 bits per heavy atom. The maximum Gasteiger partial charge on any atom is 0.262 e. The number of rotatable bonds is 7. The summed E-state index contributed by atoms with van der Waals surface area (Å²) in [4.78, 5) is 22.3. The van der Waals surface area contributed by atoms with Gasteiger partial charge in [-0.1, -0.05) is 47.6 Å². The van der Waals surface area contributed by atoms with Gasteiger partial charge in [0.2, 0.25) is 0 Å². The Kier molecular flexibility index (Phi) is 6.13. The van der Waals surface area contributed by atoms with Gasteiger partial charge in [0.15, 0.2) is 5.16 Å². The van der Waals surface area contributed by atoms with Crippen molar-refractivity contribution in [3.8, 4) is 0 Å². The molecule has 0 aliphatic carbocycles. The van der Waals surface area contributed by atoms with E-state index in [0.29, 0.717) is 40.0 Å². The van der Waals surface area contributed by atoms with Crippen molar-refractivity contribution in [3.05, 3.63) is 75.7 Å². The number of nitrogens with zero attached hydrogens (tertiary/aromatic N) is 3. The number of hydrogen-bond acceptors (Lipinski definition) is 5. The Morgan fingerprint density at radius 3 is 2.86 bits per heavy atom. The molecule has 0 saturated heterocycles. The highest BCUT2D eigenvalue weighted by Crippen LogP contribution is 2.31. The van der Waals surface area contributed by atoms with Gasteiger partial charge in [-0.3, -0.25) is 14.3 Å². The second-order valence-electron chi connectivity index (χ2n) is 6.60. The third kappa shape index (κ3) is 4.15. The van der Waals surface area contributed by atoms with E-state index in [1.54, 1.807) is 17.9 Å². The molecule has 29 heavy (non-hydrogen) atoms. The third-order valence-electron chi connectivity index (χ3n) is 4.72. The van der Waals surface area contributed by atoms with Crippen LogP contribution in [-0.4, -0.2) is 28.3 Å². The standard InChI is InChI=1S/C22H20ClN3O2S/c1-28-13-5-12-26-21(27)16-7-2-3-8-19(16)25-22(26)29-14-17-18(23)10-9-15-6-4-11-24-20(15)17/h2-4,6-11H,5,12-14H2,1H3. The third-order valence-corrected chi connectivity index (χ3v) is 6.08. The Balaban J connectivity index is 1.73. The van der Waals surface area contributed by atoms with Crippen LogP contribution in [0.15, 0.2) is 64.7 Å². The summed E-state index contributed by atoms with van der Waals surface area (Å²) in [5, 5.41) is 3.00. The number of thioether (sulfide) groups is 1. The van der Waals surface area contributed by atoms with E-state index >= 15 is 0 Å². The molecule has 0 aliphatic heterocycles. The second-order valence-corrected chi connectivity index (χ2v) is 7.95. The molecule has 0 N–H and O–H groups in total. The van der Waals surface area contributed by atoms with Crippen molar-refractivity contribution in [2.45, 2.75) is 23.9 Å². The van der Waals surface area contributed by atoms with E-state index in [0.717, 1.165) is 22.9 Å². The molecule has 2 aromatic carbocycles. The first-order chi connectivity index (χ1) is 14.2. The number of para-hydroxylation sites is 1. The number of aromatic nitrogens is 3. The summed E-state index contributed by atoms with van der Waals surface area (Å²) in [5.41, 5.74) is 2.49. The Labute approximate surface area is 177 Å². The molecule has 0 saturated carbocycles. The molecule has 5 nitrogen and oxygen atoms in total. The molecule has 0 spiro atoms. The zero-order valence-corrected chi connectivity index (χ0v) is 17.5. The van der Waals surface area contributed by atoms with Gasteiger partial charge < -0.3 is 4.74 Å². The molecular formula is C22H20ClN3O2S. The molecule has 2 heterocycles. The lowest BCUT2D eigenvalue weighted by Crippen LogP contribution is -2.24. The van der Waals surface area contributed by atoms with Gasteiger partial charge in [-0.2, -0.15) is 0 Å². The van der Waals surface area contributed by atoms with Crippen LogP contribution in [0.25, 0.3) is 21.8 Å². The van der Waals surface area contributed by atoms with E-state index in [2.05, 4.69) is 4.98 Å². The van der Waals surface area contributed by atoms with Crippen molar-refractivity contribution in [2.75, 3.05) is 13.7 Å². The fraction of sp³-hybridized carbons (Fsp3) is 0.227. The minimum Gasteiger partial charge on any atom is -0.385 e. The summed E-state index contributed by atoms with van der Waals surface area (Å²) >= 11 is 7.98. The van der Waals surface area contributed by atoms with Crippen molar-refractivity contribution in [2.24, 2.45) is 0 Å². The average molecular weight is 426 g/mol. The first-order valence-electron chi connectivity index (χ1n) is 9.32. The molecule has 2 aromatic heterocycles. The van der Waals surface area contributed by atoms with Gasteiger partial charge >= 0.3 is 0 Å². The molecule has 0 radical (unpaired) electrons. The summed E-state index contributed by atoms with van der Waals surface area (Å²) in [6.45, 7) is 1.14. The number of pyridine rings is 1. The smallest absolute Gasteiger partial charge is 0.262 e. The fourth-order valence-electron chi connectivity index (χ4n) is 3.28. The Morgan fingerprint density at radius 1 is 1.14 bits per heavy atom. The maximum absolute atomic E-state index is 13.1. The number of fused-ring (bicyclic) bond motifs is 2. The van der Waals surface area contributed by atoms with Gasteiger partial charge in [-0.15, -0.1) is 0 Å². The van der Waals surface area contributed by atoms with Crippen molar-refractivity contribution >= 4 is 45.2 Å². The van der Waals surface area contributed by atoms with E-state index in [1.807, 2.05) is 48.5 Å². The largest absolute Gasteiger partial charge is 0.385 e. The van der Waals surface area contributed by atoms with Crippen LogP contribution in [0.2, 0.25) is 5.02 Å². The lowest BCUT2D eigenvalue weighted by Gasteiger charge is -2.14. The molecule has 0 bridgehead atoms. The number of ether oxygens (including phenoxy) is 1. The summed E-state index contributed by atoms with van der Waals surface area (Å²) < 4.78 is 6.89. The van der Waals surface area contributed by atoms with Crippen LogP contribution in [0.3, 0.4) is 0 Å². The highest BCUT2D eigenvalue weighted by molar-refractivity contribution is 7.98. The summed E-state index contributed by atoms with van der Waals surface area (Å²) in [6.07, 6.45) is 2.50. The van der Waals surface area contributed by atoms with Gasteiger partial charge in [0, 0.05) is 48.2 Å². The number of benzene rings is 2. The van der Waals surface area contributed by atoms with Crippen molar-refractivity contribution in [1.82, 2.24) is 14.5 Å². The topological polar surface area (TPSA) is 57.0 Å². The molecular weight excluding hydrogens is 406 g/mol. The normalized spacial score (nSPS) is 11.4. The van der Waals surface area contributed by atoms with Gasteiger partial charge in [-0.05, 0) is 30.7 Å². The van der Waals surface area contributed by atoms with Gasteiger partial charge in [0.25, 0.3) is 5.56 Å². The monoisotopic (exact) mass is 425 g/mol. The molecule has 4 aromatic rings. The first-order valence-corrected chi connectivity index (χ1v) is 10.7. The number of hydrogen-bond donors (Lipinski definition) is 0. The number of methoxy groups -OCH3 is 1. The average Bonchev–Trinajstić information content (AvgIpc) is 2.75. The predicted octanol–water partition coefficient (Wildman–Crippen LogP) is 4.93. The van der Waals surface area contributed by atoms with Crippen LogP contribution in [0.1, 0.15) is 12.0 Å². The van der Waals surface area contributed by atoms with E-state index in [4.69, 9.17) is 21.3 Å². The molecule has 4 rings (SSSR count). The highest BCUT2D eigenvalue weighted by Gasteiger charge is 2.14. The molecule has 0 fully saturated rings. The molecule has 0 aliphatic rings. The van der Waals surface area contributed by atoms with Crippen LogP contribution in [0, 0.1) is 0 Å². The van der Waals surface area contributed by atoms with Gasteiger partial charge in [0.05, 0.1) is 16.4 Å². The zero-order chi connectivity index (χ0) is 20.2. The van der Waals surface area contributed by atoms with Crippen LogP contribution >= 0.6 is 23.4 Å². The van der Waals surface area contributed by atoms with E-state index in [-0.39, 0.29) is 5.56 Å². The number of halogens is 1. The van der Waals surface area contributed by atoms with Crippen LogP contribution in [0.5, 0.6) is 0 Å². The molecule has 148 valence electrons. The fourth-order valence-corrected chi connectivity index (χ4v) is 4.63.